The third-order valence-electron chi connectivity index (χ3n) is 4.44. The molecule has 1 aliphatic heterocycles. The van der Waals surface area contributed by atoms with Gasteiger partial charge in [0.25, 0.3) is 5.91 Å². The molecule has 2 rings (SSSR count). The van der Waals surface area contributed by atoms with Gasteiger partial charge < -0.3 is 10.0 Å². The van der Waals surface area contributed by atoms with Crippen LogP contribution in [0.25, 0.3) is 0 Å². The first kappa shape index (κ1) is 16.5. The molecule has 1 aromatic heterocycles. The van der Waals surface area contributed by atoms with Crippen LogP contribution in [0.1, 0.15) is 49.7 Å². The van der Waals surface area contributed by atoms with Gasteiger partial charge in [0.05, 0.1) is 17.7 Å². The van der Waals surface area contributed by atoms with Gasteiger partial charge in [0.1, 0.15) is 0 Å². The van der Waals surface area contributed by atoms with Crippen molar-refractivity contribution in [3.8, 4) is 0 Å². The van der Waals surface area contributed by atoms with Crippen LogP contribution in [-0.4, -0.2) is 44.3 Å². The SMILES string of the molecule is Cc1c(C(=O)N2CCC[C@H](C(=O)O)[C@@H]2C)cnn1CC(C)C. The van der Waals surface area contributed by atoms with Gasteiger partial charge in [-0.3, -0.25) is 14.3 Å². The fourth-order valence-electron chi connectivity index (χ4n) is 3.10. The maximum Gasteiger partial charge on any atom is 0.308 e. The van der Waals surface area contributed by atoms with Crippen molar-refractivity contribution in [2.75, 3.05) is 6.54 Å². The van der Waals surface area contributed by atoms with E-state index in [-0.39, 0.29) is 11.9 Å². The highest BCUT2D eigenvalue weighted by atomic mass is 16.4. The molecule has 0 saturated carbocycles. The van der Waals surface area contributed by atoms with E-state index >= 15 is 0 Å². The Kier molecular flexibility index (Phi) is 4.88. The van der Waals surface area contributed by atoms with Gasteiger partial charge in [-0.05, 0) is 32.6 Å². The van der Waals surface area contributed by atoms with E-state index in [4.69, 9.17) is 0 Å². The highest BCUT2D eigenvalue weighted by molar-refractivity contribution is 5.95. The molecule has 0 unspecified atom stereocenters. The van der Waals surface area contributed by atoms with Crippen molar-refractivity contribution < 1.29 is 14.7 Å². The Labute approximate surface area is 131 Å². The van der Waals surface area contributed by atoms with Crippen molar-refractivity contribution in [2.24, 2.45) is 11.8 Å². The molecule has 22 heavy (non-hydrogen) atoms. The van der Waals surface area contributed by atoms with E-state index in [1.165, 1.54) is 0 Å². The molecule has 0 aliphatic carbocycles. The summed E-state index contributed by atoms with van der Waals surface area (Å²) in [4.78, 5) is 25.8. The minimum Gasteiger partial charge on any atom is -0.481 e. The summed E-state index contributed by atoms with van der Waals surface area (Å²) in [5.41, 5.74) is 1.43. The average molecular weight is 307 g/mol. The van der Waals surface area contributed by atoms with Crippen LogP contribution < -0.4 is 0 Å². The van der Waals surface area contributed by atoms with Crippen LogP contribution in [0.3, 0.4) is 0 Å². The number of carbonyl (C=O) groups is 2. The maximum atomic E-state index is 12.8. The molecule has 122 valence electrons. The standard InChI is InChI=1S/C16H25N3O3/c1-10(2)9-19-12(4)14(8-17-19)15(20)18-7-5-6-13(11(18)3)16(21)22/h8,10-11,13H,5-7,9H2,1-4H3,(H,21,22)/t11-,13-/m0/s1. The Morgan fingerprint density at radius 3 is 2.73 bits per heavy atom. The minimum absolute atomic E-state index is 0.106. The van der Waals surface area contributed by atoms with Gasteiger partial charge in [-0.1, -0.05) is 13.8 Å². The molecule has 1 amide bonds. The van der Waals surface area contributed by atoms with Gasteiger partial charge in [0.2, 0.25) is 0 Å². The summed E-state index contributed by atoms with van der Waals surface area (Å²) in [6.45, 7) is 9.31. The Bertz CT molecular complexity index is 565. The number of hydrogen-bond acceptors (Lipinski definition) is 3. The lowest BCUT2D eigenvalue weighted by Crippen LogP contribution is -2.49. The fourth-order valence-corrected chi connectivity index (χ4v) is 3.10. The largest absolute Gasteiger partial charge is 0.481 e. The molecule has 0 aromatic carbocycles. The zero-order valence-corrected chi connectivity index (χ0v) is 13.7. The van der Waals surface area contributed by atoms with E-state index < -0.39 is 11.9 Å². The van der Waals surface area contributed by atoms with Crippen molar-refractivity contribution >= 4 is 11.9 Å². The molecule has 1 saturated heterocycles. The number of hydrogen-bond donors (Lipinski definition) is 1. The molecular formula is C16H25N3O3. The molecule has 2 heterocycles. The fraction of sp³-hybridized carbons (Fsp3) is 0.688. The Morgan fingerprint density at radius 2 is 2.14 bits per heavy atom. The second-order valence-electron chi connectivity index (χ2n) is 6.55. The number of rotatable bonds is 4. The molecule has 0 spiro atoms. The summed E-state index contributed by atoms with van der Waals surface area (Å²) in [5, 5.41) is 13.6. The first-order valence-electron chi connectivity index (χ1n) is 7.89. The summed E-state index contributed by atoms with van der Waals surface area (Å²) in [5.74, 6) is -0.959. The van der Waals surface area contributed by atoms with Crippen molar-refractivity contribution in [2.45, 2.75) is 53.1 Å². The third-order valence-corrected chi connectivity index (χ3v) is 4.44. The van der Waals surface area contributed by atoms with Crippen LogP contribution in [0.15, 0.2) is 6.20 Å². The number of carbonyl (C=O) groups excluding carboxylic acids is 1. The monoisotopic (exact) mass is 307 g/mol. The van der Waals surface area contributed by atoms with Crippen LogP contribution in [0.4, 0.5) is 0 Å². The molecule has 1 N–H and O–H groups in total. The molecule has 2 atom stereocenters. The number of carboxylic acids is 1. The molecular weight excluding hydrogens is 282 g/mol. The van der Waals surface area contributed by atoms with Gasteiger partial charge in [-0.25, -0.2) is 0 Å². The third kappa shape index (κ3) is 3.15. The quantitative estimate of drug-likeness (QED) is 0.925. The molecule has 1 aliphatic rings. The minimum atomic E-state index is -0.822. The maximum absolute atomic E-state index is 12.8. The smallest absolute Gasteiger partial charge is 0.308 e. The number of aromatic nitrogens is 2. The van der Waals surface area contributed by atoms with Crippen LogP contribution in [-0.2, 0) is 11.3 Å². The van der Waals surface area contributed by atoms with Gasteiger partial charge in [-0.15, -0.1) is 0 Å². The number of carboxylic acid groups (broad SMARTS) is 1. The lowest BCUT2D eigenvalue weighted by Gasteiger charge is -2.37. The van der Waals surface area contributed by atoms with Crippen molar-refractivity contribution in [1.82, 2.24) is 14.7 Å². The van der Waals surface area contributed by atoms with Gasteiger partial charge >= 0.3 is 5.97 Å². The molecule has 0 radical (unpaired) electrons. The number of amides is 1. The van der Waals surface area contributed by atoms with E-state index in [2.05, 4.69) is 18.9 Å². The van der Waals surface area contributed by atoms with Gasteiger partial charge in [0.15, 0.2) is 0 Å². The summed E-state index contributed by atoms with van der Waals surface area (Å²) >= 11 is 0. The Balaban J connectivity index is 2.20. The van der Waals surface area contributed by atoms with Gasteiger partial charge in [0, 0.05) is 24.8 Å². The molecule has 1 fully saturated rings. The van der Waals surface area contributed by atoms with Crippen LogP contribution in [0, 0.1) is 18.8 Å². The molecule has 6 nitrogen and oxygen atoms in total. The summed E-state index contributed by atoms with van der Waals surface area (Å²) in [6, 6.07) is -0.286. The zero-order chi connectivity index (χ0) is 16.4. The Morgan fingerprint density at radius 1 is 1.45 bits per heavy atom. The highest BCUT2D eigenvalue weighted by Gasteiger charge is 2.36. The second kappa shape index (κ2) is 6.50. The normalized spacial score (nSPS) is 22.1. The predicted octanol–water partition coefficient (Wildman–Crippen LogP) is 2.17. The lowest BCUT2D eigenvalue weighted by atomic mass is 9.90. The summed E-state index contributed by atoms with van der Waals surface area (Å²) in [7, 11) is 0. The van der Waals surface area contributed by atoms with Crippen LogP contribution in [0.2, 0.25) is 0 Å². The summed E-state index contributed by atoms with van der Waals surface area (Å²) < 4.78 is 1.85. The number of piperidine rings is 1. The lowest BCUT2D eigenvalue weighted by molar-refractivity contribution is -0.144. The van der Waals surface area contributed by atoms with E-state index in [1.54, 1.807) is 11.1 Å². The summed E-state index contributed by atoms with van der Waals surface area (Å²) in [6.07, 6.45) is 2.97. The van der Waals surface area contributed by atoms with E-state index in [0.29, 0.717) is 24.4 Å². The molecule has 6 heteroatoms. The Hall–Kier alpha value is -1.85. The van der Waals surface area contributed by atoms with Crippen LogP contribution >= 0.6 is 0 Å². The van der Waals surface area contributed by atoms with E-state index in [1.807, 2.05) is 18.5 Å². The van der Waals surface area contributed by atoms with Crippen molar-refractivity contribution in [1.29, 1.82) is 0 Å². The highest BCUT2D eigenvalue weighted by Crippen LogP contribution is 2.26. The molecule has 0 bridgehead atoms. The van der Waals surface area contributed by atoms with E-state index in [0.717, 1.165) is 18.7 Å². The van der Waals surface area contributed by atoms with Crippen LogP contribution in [0.5, 0.6) is 0 Å². The van der Waals surface area contributed by atoms with E-state index in [9.17, 15) is 14.7 Å². The zero-order valence-electron chi connectivity index (χ0n) is 13.7. The topological polar surface area (TPSA) is 75.4 Å². The predicted molar refractivity (Wildman–Crippen MR) is 82.7 cm³/mol. The second-order valence-corrected chi connectivity index (χ2v) is 6.55. The van der Waals surface area contributed by atoms with Crippen molar-refractivity contribution in [3.05, 3.63) is 17.5 Å². The average Bonchev–Trinajstić information content (AvgIpc) is 2.79. The van der Waals surface area contributed by atoms with Crippen molar-refractivity contribution in [3.63, 3.8) is 0 Å². The first-order chi connectivity index (χ1) is 10.3. The number of nitrogens with zero attached hydrogens (tertiary/aromatic N) is 3. The number of aliphatic carboxylic acids is 1. The van der Waals surface area contributed by atoms with Gasteiger partial charge in [-0.2, -0.15) is 5.10 Å². The molecule has 1 aromatic rings. The number of likely N-dealkylation sites (tertiary alicyclic amines) is 1. The first-order valence-corrected chi connectivity index (χ1v) is 7.89.